The first-order valence-electron chi connectivity index (χ1n) is 7.06. The summed E-state index contributed by atoms with van der Waals surface area (Å²) in [5.74, 6) is 1.14. The van der Waals surface area contributed by atoms with Gasteiger partial charge in [0.2, 0.25) is 10.6 Å². The normalized spacial score (nSPS) is 11.5. The zero-order chi connectivity index (χ0) is 15.6. The van der Waals surface area contributed by atoms with Crippen LogP contribution in [0.3, 0.4) is 0 Å². The van der Waals surface area contributed by atoms with Crippen molar-refractivity contribution >= 4 is 29.2 Å². The number of aromatic amines is 1. The number of nitrogens with one attached hydrogen (secondary N) is 1. The first-order chi connectivity index (χ1) is 11.3. The molecule has 0 atom stereocenters. The maximum absolute atomic E-state index is 5.37. The Balaban J connectivity index is 1.80. The molecule has 2 heterocycles. The number of hydrogen-bond donors (Lipinski definition) is 1. The third-order valence-corrected chi connectivity index (χ3v) is 3.79. The summed E-state index contributed by atoms with van der Waals surface area (Å²) in [4.78, 5) is 0. The first-order valence-corrected chi connectivity index (χ1v) is 7.47. The highest BCUT2D eigenvalue weighted by Gasteiger charge is 2.10. The molecule has 2 aromatic heterocycles. The van der Waals surface area contributed by atoms with Crippen molar-refractivity contribution in [2.45, 2.75) is 0 Å². The van der Waals surface area contributed by atoms with Gasteiger partial charge in [-0.15, -0.1) is 5.10 Å². The Morgan fingerprint density at radius 2 is 1.96 bits per heavy atom. The number of hydrogen-bond acceptors (Lipinski definition) is 4. The number of nitrogens with zero attached hydrogens (tertiary/aromatic N) is 3. The molecule has 0 saturated carbocycles. The molecular weight excluding hydrogens is 308 g/mol. The molecule has 2 aromatic carbocycles. The highest BCUT2D eigenvalue weighted by atomic mass is 32.1. The van der Waals surface area contributed by atoms with Gasteiger partial charge in [0.15, 0.2) is 5.76 Å². The highest BCUT2D eigenvalue weighted by molar-refractivity contribution is 7.71. The van der Waals surface area contributed by atoms with Crippen molar-refractivity contribution in [1.29, 1.82) is 0 Å². The Kier molecular flexibility index (Phi) is 3.36. The van der Waals surface area contributed by atoms with Crippen LogP contribution in [0.4, 0.5) is 0 Å². The number of furan rings is 1. The van der Waals surface area contributed by atoms with E-state index in [0.717, 1.165) is 10.9 Å². The molecule has 23 heavy (non-hydrogen) atoms. The quantitative estimate of drug-likeness (QED) is 0.454. The Labute approximate surface area is 136 Å². The van der Waals surface area contributed by atoms with E-state index in [1.54, 1.807) is 23.2 Å². The SMILES string of the molecule is S=c1[nH]nc(-c2ccco2)n1/N=C/c1cccc2ccccc12. The molecule has 1 N–H and O–H groups in total. The van der Waals surface area contributed by atoms with Crippen molar-refractivity contribution in [2.24, 2.45) is 5.10 Å². The van der Waals surface area contributed by atoms with Crippen molar-refractivity contribution in [3.05, 3.63) is 71.2 Å². The van der Waals surface area contributed by atoms with E-state index in [-0.39, 0.29) is 0 Å². The molecule has 0 aliphatic heterocycles. The lowest BCUT2D eigenvalue weighted by molar-refractivity contribution is 0.573. The summed E-state index contributed by atoms with van der Waals surface area (Å²) in [6.07, 6.45) is 3.37. The van der Waals surface area contributed by atoms with Crippen molar-refractivity contribution < 1.29 is 4.42 Å². The molecule has 0 saturated heterocycles. The number of rotatable bonds is 3. The van der Waals surface area contributed by atoms with Gasteiger partial charge in [-0.1, -0.05) is 42.5 Å². The molecule has 0 aliphatic rings. The van der Waals surface area contributed by atoms with Crippen LogP contribution >= 0.6 is 12.2 Å². The second kappa shape index (κ2) is 5.66. The van der Waals surface area contributed by atoms with Crippen molar-refractivity contribution in [3.63, 3.8) is 0 Å². The monoisotopic (exact) mass is 320 g/mol. The Morgan fingerprint density at radius 3 is 2.83 bits per heavy atom. The molecule has 0 amide bonds. The number of aromatic nitrogens is 3. The summed E-state index contributed by atoms with van der Waals surface area (Å²) < 4.78 is 7.33. The van der Waals surface area contributed by atoms with Crippen LogP contribution in [0, 0.1) is 4.77 Å². The van der Waals surface area contributed by atoms with Crippen LogP contribution in [0.25, 0.3) is 22.4 Å². The van der Waals surface area contributed by atoms with E-state index in [1.807, 2.05) is 30.3 Å². The lowest BCUT2D eigenvalue weighted by Gasteiger charge is -2.02. The van der Waals surface area contributed by atoms with Gasteiger partial charge < -0.3 is 4.42 Å². The molecule has 0 aliphatic carbocycles. The summed E-state index contributed by atoms with van der Waals surface area (Å²) in [7, 11) is 0. The van der Waals surface area contributed by atoms with Gasteiger partial charge in [0.05, 0.1) is 12.5 Å². The third kappa shape index (κ3) is 2.49. The van der Waals surface area contributed by atoms with Crippen LogP contribution in [-0.4, -0.2) is 21.1 Å². The molecule has 0 spiro atoms. The summed E-state index contributed by atoms with van der Waals surface area (Å²) in [5, 5.41) is 13.7. The van der Waals surface area contributed by atoms with E-state index in [9.17, 15) is 0 Å². The first kappa shape index (κ1) is 13.7. The van der Waals surface area contributed by atoms with Crippen molar-refractivity contribution in [2.75, 3.05) is 0 Å². The highest BCUT2D eigenvalue weighted by Crippen LogP contribution is 2.19. The van der Waals surface area contributed by atoms with Gasteiger partial charge in [-0.2, -0.15) is 9.78 Å². The Bertz CT molecular complexity index is 1040. The average molecular weight is 320 g/mol. The number of benzene rings is 2. The third-order valence-electron chi connectivity index (χ3n) is 3.53. The van der Waals surface area contributed by atoms with E-state index in [2.05, 4.69) is 33.5 Å². The van der Waals surface area contributed by atoms with Gasteiger partial charge in [0.25, 0.3) is 0 Å². The van der Waals surface area contributed by atoms with Gasteiger partial charge >= 0.3 is 0 Å². The van der Waals surface area contributed by atoms with Crippen LogP contribution in [0.2, 0.25) is 0 Å². The molecule has 0 bridgehead atoms. The second-order valence-corrected chi connectivity index (χ2v) is 5.34. The minimum atomic E-state index is 0.410. The zero-order valence-corrected chi connectivity index (χ0v) is 12.8. The smallest absolute Gasteiger partial charge is 0.219 e. The summed E-state index contributed by atoms with van der Waals surface area (Å²) in [6.45, 7) is 0. The average Bonchev–Trinajstić information content (AvgIpc) is 3.22. The maximum Gasteiger partial charge on any atom is 0.219 e. The molecule has 4 aromatic rings. The van der Waals surface area contributed by atoms with E-state index in [1.165, 1.54) is 5.39 Å². The van der Waals surface area contributed by atoms with Gasteiger partial charge in [-0.05, 0) is 35.1 Å². The van der Waals surface area contributed by atoms with Gasteiger partial charge in [0.1, 0.15) is 0 Å². The lowest BCUT2D eigenvalue weighted by atomic mass is 10.1. The predicted octanol–water partition coefficient (Wildman–Crippen LogP) is 4.24. The minimum absolute atomic E-state index is 0.410. The van der Waals surface area contributed by atoms with Crippen LogP contribution in [0.5, 0.6) is 0 Å². The molecule has 4 rings (SSSR count). The maximum atomic E-state index is 5.37. The molecule has 5 nitrogen and oxygen atoms in total. The van der Waals surface area contributed by atoms with E-state index >= 15 is 0 Å². The molecule has 112 valence electrons. The fourth-order valence-corrected chi connectivity index (χ4v) is 2.63. The lowest BCUT2D eigenvalue weighted by Crippen LogP contribution is -1.94. The topological polar surface area (TPSA) is 59.1 Å². The molecule has 0 radical (unpaired) electrons. The van der Waals surface area contributed by atoms with Crippen molar-refractivity contribution in [3.8, 4) is 11.6 Å². The molecule has 0 fully saturated rings. The van der Waals surface area contributed by atoms with Crippen LogP contribution in [-0.2, 0) is 0 Å². The van der Waals surface area contributed by atoms with Gasteiger partial charge in [0, 0.05) is 5.56 Å². The summed E-state index contributed by atoms with van der Waals surface area (Å²) >= 11 is 5.25. The predicted molar refractivity (Wildman–Crippen MR) is 92.1 cm³/mol. The van der Waals surface area contributed by atoms with E-state index in [4.69, 9.17) is 16.6 Å². The Hall–Kier alpha value is -2.99. The largest absolute Gasteiger partial charge is 0.461 e. The van der Waals surface area contributed by atoms with E-state index in [0.29, 0.717) is 16.4 Å². The number of fused-ring (bicyclic) bond motifs is 1. The molecular formula is C17H12N4OS. The van der Waals surface area contributed by atoms with Crippen LogP contribution < -0.4 is 0 Å². The van der Waals surface area contributed by atoms with Crippen molar-refractivity contribution in [1.82, 2.24) is 14.9 Å². The van der Waals surface area contributed by atoms with E-state index < -0.39 is 0 Å². The zero-order valence-electron chi connectivity index (χ0n) is 12.0. The molecule has 6 heteroatoms. The molecule has 0 unspecified atom stereocenters. The van der Waals surface area contributed by atoms with Gasteiger partial charge in [-0.3, -0.25) is 0 Å². The summed E-state index contributed by atoms with van der Waals surface area (Å²) in [6, 6.07) is 17.9. The van der Waals surface area contributed by atoms with Crippen LogP contribution in [0.15, 0.2) is 70.4 Å². The summed E-state index contributed by atoms with van der Waals surface area (Å²) in [5.41, 5.74) is 1.01. The Morgan fingerprint density at radius 1 is 1.09 bits per heavy atom. The fourth-order valence-electron chi connectivity index (χ4n) is 2.45. The van der Waals surface area contributed by atoms with Gasteiger partial charge in [-0.25, -0.2) is 5.10 Å². The standard InChI is InChI=1S/C17H12N4OS/c23-17-20-19-16(15-9-4-10-22-15)21(17)18-11-13-7-3-6-12-5-1-2-8-14(12)13/h1-11H,(H,20,23)/b18-11+. The minimum Gasteiger partial charge on any atom is -0.461 e. The number of H-pyrrole nitrogens is 1. The fraction of sp³-hybridized carbons (Fsp3) is 0. The second-order valence-electron chi connectivity index (χ2n) is 4.95. The van der Waals surface area contributed by atoms with Crippen LogP contribution in [0.1, 0.15) is 5.56 Å².